The van der Waals surface area contributed by atoms with Gasteiger partial charge in [-0.3, -0.25) is 0 Å². The van der Waals surface area contributed by atoms with Crippen molar-refractivity contribution in [1.29, 1.82) is 0 Å². The third-order valence-corrected chi connectivity index (χ3v) is 3.54. The number of para-hydroxylation sites is 1. The van der Waals surface area contributed by atoms with Crippen LogP contribution in [0.3, 0.4) is 0 Å². The monoisotopic (exact) mass is 264 g/mol. The highest BCUT2D eigenvalue weighted by Gasteiger charge is 2.29. The van der Waals surface area contributed by atoms with Crippen molar-refractivity contribution >= 4 is 18.5 Å². The van der Waals surface area contributed by atoms with Crippen molar-refractivity contribution < 1.29 is 9.47 Å². The Bertz CT molecular complexity index is 711. The average molecular weight is 264 g/mol. The number of allylic oxidation sites excluding steroid dienone is 4. The second-order valence-electron chi connectivity index (χ2n) is 4.69. The van der Waals surface area contributed by atoms with Gasteiger partial charge in [0.1, 0.15) is 5.76 Å². The molecule has 3 aliphatic rings. The SMILES string of the molecule is C1=CCC2=C(C3OC=Nc4ccccc43)N=COC2=C1. The van der Waals surface area contributed by atoms with E-state index in [2.05, 4.69) is 16.1 Å². The minimum atomic E-state index is -0.228. The van der Waals surface area contributed by atoms with Crippen LogP contribution in [0, 0.1) is 0 Å². The highest BCUT2D eigenvalue weighted by molar-refractivity contribution is 5.67. The van der Waals surface area contributed by atoms with Crippen LogP contribution in [0.1, 0.15) is 18.1 Å². The maximum atomic E-state index is 5.72. The first-order valence-corrected chi connectivity index (χ1v) is 6.50. The van der Waals surface area contributed by atoms with E-state index in [1.54, 1.807) is 0 Å². The molecule has 4 heteroatoms. The quantitative estimate of drug-likeness (QED) is 0.778. The van der Waals surface area contributed by atoms with Crippen LogP contribution in [0.5, 0.6) is 0 Å². The summed E-state index contributed by atoms with van der Waals surface area (Å²) in [6, 6.07) is 7.96. The number of hydrogen-bond acceptors (Lipinski definition) is 4. The van der Waals surface area contributed by atoms with Gasteiger partial charge in [-0.15, -0.1) is 0 Å². The van der Waals surface area contributed by atoms with Gasteiger partial charge in [0.05, 0.1) is 11.4 Å². The van der Waals surface area contributed by atoms with Crippen LogP contribution in [0.2, 0.25) is 0 Å². The number of hydrogen-bond donors (Lipinski definition) is 0. The van der Waals surface area contributed by atoms with Crippen molar-refractivity contribution in [3.8, 4) is 0 Å². The molecule has 0 aromatic heterocycles. The smallest absolute Gasteiger partial charge is 0.181 e. The molecule has 0 saturated heterocycles. The van der Waals surface area contributed by atoms with Gasteiger partial charge in [0.15, 0.2) is 18.9 Å². The van der Waals surface area contributed by atoms with Crippen molar-refractivity contribution in [1.82, 2.24) is 0 Å². The largest absolute Gasteiger partial charge is 0.469 e. The predicted octanol–water partition coefficient (Wildman–Crippen LogP) is 3.57. The van der Waals surface area contributed by atoms with Crippen molar-refractivity contribution in [2.45, 2.75) is 12.5 Å². The summed E-state index contributed by atoms with van der Waals surface area (Å²) < 4.78 is 11.2. The maximum Gasteiger partial charge on any atom is 0.181 e. The summed E-state index contributed by atoms with van der Waals surface area (Å²) in [6.45, 7) is 0. The van der Waals surface area contributed by atoms with Gasteiger partial charge in [-0.2, -0.15) is 0 Å². The Balaban J connectivity index is 1.84. The van der Waals surface area contributed by atoms with Gasteiger partial charge in [0.2, 0.25) is 0 Å². The molecule has 0 N–H and O–H groups in total. The molecule has 0 fully saturated rings. The molecule has 0 radical (unpaired) electrons. The first kappa shape index (κ1) is 11.2. The van der Waals surface area contributed by atoms with E-state index in [1.165, 1.54) is 12.8 Å². The van der Waals surface area contributed by atoms with Gasteiger partial charge in [-0.05, 0) is 18.6 Å². The van der Waals surface area contributed by atoms with E-state index in [9.17, 15) is 0 Å². The maximum absolute atomic E-state index is 5.72. The standard InChI is InChI=1S/C16H12N2O2/c1-3-7-13-11(5-1)16(20-9-17-13)15-12-6-2-4-8-14(12)19-10-18-15/h1-5,7-10,16H,6H2. The number of benzene rings is 1. The summed E-state index contributed by atoms with van der Waals surface area (Å²) >= 11 is 0. The second kappa shape index (κ2) is 4.49. The second-order valence-corrected chi connectivity index (χ2v) is 4.69. The van der Waals surface area contributed by atoms with E-state index in [4.69, 9.17) is 9.47 Å². The van der Waals surface area contributed by atoms with Gasteiger partial charge in [0.25, 0.3) is 0 Å². The van der Waals surface area contributed by atoms with Gasteiger partial charge >= 0.3 is 0 Å². The number of ether oxygens (including phenoxy) is 2. The summed E-state index contributed by atoms with van der Waals surface area (Å²) in [5, 5.41) is 0. The summed E-state index contributed by atoms with van der Waals surface area (Å²) in [7, 11) is 0. The molecule has 2 aliphatic heterocycles. The van der Waals surface area contributed by atoms with Crippen LogP contribution in [-0.2, 0) is 9.47 Å². The summed E-state index contributed by atoms with van der Waals surface area (Å²) in [5.41, 5.74) is 3.93. The fourth-order valence-corrected chi connectivity index (χ4v) is 2.59. The lowest BCUT2D eigenvalue weighted by atomic mass is 9.95. The Morgan fingerprint density at radius 2 is 2.05 bits per heavy atom. The fourth-order valence-electron chi connectivity index (χ4n) is 2.59. The molecular formula is C16H12N2O2. The lowest BCUT2D eigenvalue weighted by Gasteiger charge is -2.27. The first-order chi connectivity index (χ1) is 9.93. The van der Waals surface area contributed by atoms with Crippen LogP contribution in [0.4, 0.5) is 5.69 Å². The molecule has 1 aliphatic carbocycles. The Kier molecular flexibility index (Phi) is 2.52. The molecule has 0 bridgehead atoms. The third-order valence-electron chi connectivity index (χ3n) is 3.54. The van der Waals surface area contributed by atoms with Crippen LogP contribution in [0.25, 0.3) is 0 Å². The zero-order chi connectivity index (χ0) is 13.4. The molecule has 1 aromatic carbocycles. The number of aliphatic imine (C=N–C) groups is 2. The molecule has 4 nitrogen and oxygen atoms in total. The Morgan fingerprint density at radius 1 is 1.10 bits per heavy atom. The third kappa shape index (κ3) is 1.69. The normalized spacial score (nSPS) is 22.6. The van der Waals surface area contributed by atoms with Gasteiger partial charge in [-0.25, -0.2) is 9.98 Å². The molecule has 0 spiro atoms. The molecule has 1 unspecified atom stereocenters. The van der Waals surface area contributed by atoms with E-state index in [0.29, 0.717) is 0 Å². The molecule has 98 valence electrons. The Labute approximate surface area is 116 Å². The van der Waals surface area contributed by atoms with Crippen LogP contribution < -0.4 is 0 Å². The summed E-state index contributed by atoms with van der Waals surface area (Å²) in [5.74, 6) is 0.848. The number of rotatable bonds is 1. The minimum Gasteiger partial charge on any atom is -0.469 e. The molecular weight excluding hydrogens is 252 g/mol. The lowest BCUT2D eigenvalue weighted by molar-refractivity contribution is 0.231. The molecule has 1 aromatic rings. The minimum absolute atomic E-state index is 0.228. The predicted molar refractivity (Wildman–Crippen MR) is 76.9 cm³/mol. The summed E-state index contributed by atoms with van der Waals surface area (Å²) in [6.07, 6.45) is 9.58. The highest BCUT2D eigenvalue weighted by Crippen LogP contribution is 2.40. The zero-order valence-corrected chi connectivity index (χ0v) is 10.7. The average Bonchev–Trinajstić information content (AvgIpc) is 2.54. The molecule has 0 amide bonds. The Morgan fingerprint density at radius 3 is 3.05 bits per heavy atom. The molecule has 0 saturated carbocycles. The molecule has 2 heterocycles. The van der Waals surface area contributed by atoms with Crippen LogP contribution in [-0.4, -0.2) is 12.8 Å². The topological polar surface area (TPSA) is 43.2 Å². The zero-order valence-electron chi connectivity index (χ0n) is 10.7. The number of nitrogens with zero attached hydrogens (tertiary/aromatic N) is 2. The van der Waals surface area contributed by atoms with E-state index in [-0.39, 0.29) is 6.10 Å². The van der Waals surface area contributed by atoms with Gasteiger partial charge < -0.3 is 9.47 Å². The highest BCUT2D eigenvalue weighted by atomic mass is 16.5. The molecule has 4 rings (SSSR count). The van der Waals surface area contributed by atoms with Crippen molar-refractivity contribution in [3.63, 3.8) is 0 Å². The summed E-state index contributed by atoms with van der Waals surface area (Å²) in [4.78, 5) is 8.67. The van der Waals surface area contributed by atoms with Crippen LogP contribution >= 0.6 is 0 Å². The first-order valence-electron chi connectivity index (χ1n) is 6.50. The van der Waals surface area contributed by atoms with E-state index in [1.807, 2.05) is 36.4 Å². The van der Waals surface area contributed by atoms with E-state index >= 15 is 0 Å². The van der Waals surface area contributed by atoms with Crippen molar-refractivity contribution in [2.75, 3.05) is 0 Å². The Hall–Kier alpha value is -2.62. The van der Waals surface area contributed by atoms with Crippen molar-refractivity contribution in [3.05, 3.63) is 65.1 Å². The molecule has 1 atom stereocenters. The van der Waals surface area contributed by atoms with E-state index < -0.39 is 0 Å². The lowest BCUT2D eigenvalue weighted by Crippen LogP contribution is -2.15. The van der Waals surface area contributed by atoms with Crippen molar-refractivity contribution in [2.24, 2.45) is 9.98 Å². The van der Waals surface area contributed by atoms with E-state index in [0.717, 1.165) is 34.7 Å². The van der Waals surface area contributed by atoms with Gasteiger partial charge in [0, 0.05) is 11.1 Å². The van der Waals surface area contributed by atoms with Gasteiger partial charge in [-0.1, -0.05) is 30.4 Å². The van der Waals surface area contributed by atoms with Crippen LogP contribution in [0.15, 0.2) is 69.5 Å². The molecule has 20 heavy (non-hydrogen) atoms. The fraction of sp³-hybridized carbons (Fsp3) is 0.125. The number of fused-ring (bicyclic) bond motifs is 2.